The van der Waals surface area contributed by atoms with Gasteiger partial charge in [-0.3, -0.25) is 0 Å². The SMILES string of the molecule is CC(C)c1ccc(C2(C)CC2CNC2CC2)cc1. The molecule has 2 atom stereocenters. The van der Waals surface area contributed by atoms with Crippen LogP contribution < -0.4 is 5.32 Å². The zero-order chi connectivity index (χ0) is 12.8. The Morgan fingerprint density at radius 3 is 2.44 bits per heavy atom. The highest BCUT2D eigenvalue weighted by molar-refractivity contribution is 5.35. The molecule has 1 N–H and O–H groups in total. The van der Waals surface area contributed by atoms with E-state index in [1.165, 1.54) is 36.9 Å². The van der Waals surface area contributed by atoms with Crippen molar-refractivity contribution in [2.24, 2.45) is 5.92 Å². The molecule has 3 rings (SSSR count). The van der Waals surface area contributed by atoms with Crippen LogP contribution in [0.1, 0.15) is 57.1 Å². The minimum Gasteiger partial charge on any atom is -0.314 e. The Kier molecular flexibility index (Phi) is 2.97. The first-order valence-electron chi connectivity index (χ1n) is 7.43. The van der Waals surface area contributed by atoms with E-state index in [1.54, 1.807) is 0 Å². The lowest BCUT2D eigenvalue weighted by Gasteiger charge is -2.14. The molecule has 0 spiro atoms. The molecule has 0 heterocycles. The maximum absolute atomic E-state index is 3.67. The Hall–Kier alpha value is -0.820. The number of rotatable bonds is 5. The van der Waals surface area contributed by atoms with Crippen molar-refractivity contribution in [1.29, 1.82) is 0 Å². The third-order valence-electron chi connectivity index (χ3n) is 4.88. The van der Waals surface area contributed by atoms with Crippen LogP contribution >= 0.6 is 0 Å². The summed E-state index contributed by atoms with van der Waals surface area (Å²) >= 11 is 0. The van der Waals surface area contributed by atoms with Crippen LogP contribution in [0.3, 0.4) is 0 Å². The van der Waals surface area contributed by atoms with Gasteiger partial charge in [-0.25, -0.2) is 0 Å². The van der Waals surface area contributed by atoms with Crippen LogP contribution in [0.5, 0.6) is 0 Å². The Morgan fingerprint density at radius 1 is 1.22 bits per heavy atom. The van der Waals surface area contributed by atoms with Gasteiger partial charge < -0.3 is 5.32 Å². The maximum Gasteiger partial charge on any atom is 0.00683 e. The van der Waals surface area contributed by atoms with Crippen molar-refractivity contribution < 1.29 is 0 Å². The van der Waals surface area contributed by atoms with E-state index in [0.717, 1.165) is 12.0 Å². The number of benzene rings is 1. The molecule has 2 aliphatic carbocycles. The van der Waals surface area contributed by atoms with Gasteiger partial charge in [0, 0.05) is 6.04 Å². The van der Waals surface area contributed by atoms with Gasteiger partial charge in [0.2, 0.25) is 0 Å². The summed E-state index contributed by atoms with van der Waals surface area (Å²) in [7, 11) is 0. The predicted molar refractivity (Wildman–Crippen MR) is 77.0 cm³/mol. The Morgan fingerprint density at radius 2 is 1.89 bits per heavy atom. The average Bonchev–Trinajstić information content (AvgIpc) is 3.24. The Bertz CT molecular complexity index is 416. The standard InChI is InChI=1S/C17H25N/c1-12(2)13-4-6-14(7-5-13)17(3)10-15(17)11-18-16-8-9-16/h4-7,12,15-16,18H,8-11H2,1-3H3. The zero-order valence-corrected chi connectivity index (χ0v) is 11.9. The van der Waals surface area contributed by atoms with E-state index in [2.05, 4.69) is 50.4 Å². The van der Waals surface area contributed by atoms with Crippen LogP contribution in [0.25, 0.3) is 0 Å². The van der Waals surface area contributed by atoms with Crippen molar-refractivity contribution >= 4 is 0 Å². The number of hydrogen-bond acceptors (Lipinski definition) is 1. The molecule has 0 aliphatic heterocycles. The molecule has 0 saturated heterocycles. The summed E-state index contributed by atoms with van der Waals surface area (Å²) in [6.07, 6.45) is 4.15. The molecule has 0 amide bonds. The maximum atomic E-state index is 3.67. The van der Waals surface area contributed by atoms with Gasteiger partial charge in [-0.15, -0.1) is 0 Å². The molecule has 1 nitrogen and oxygen atoms in total. The van der Waals surface area contributed by atoms with Gasteiger partial charge in [0.15, 0.2) is 0 Å². The molecule has 1 aromatic rings. The quantitative estimate of drug-likeness (QED) is 0.828. The van der Waals surface area contributed by atoms with Crippen LogP contribution in [0.2, 0.25) is 0 Å². The van der Waals surface area contributed by atoms with E-state index in [1.807, 2.05) is 0 Å². The second kappa shape index (κ2) is 4.38. The molecule has 2 fully saturated rings. The number of hydrogen-bond donors (Lipinski definition) is 1. The highest BCUT2D eigenvalue weighted by Gasteiger charge is 2.50. The predicted octanol–water partition coefficient (Wildman–Crippen LogP) is 3.84. The van der Waals surface area contributed by atoms with Crippen molar-refractivity contribution in [2.45, 2.75) is 57.4 Å². The second-order valence-electron chi connectivity index (χ2n) is 6.78. The van der Waals surface area contributed by atoms with E-state index in [-0.39, 0.29) is 0 Å². The third-order valence-corrected chi connectivity index (χ3v) is 4.88. The molecule has 2 unspecified atom stereocenters. The monoisotopic (exact) mass is 243 g/mol. The highest BCUT2D eigenvalue weighted by atomic mass is 15.0. The summed E-state index contributed by atoms with van der Waals surface area (Å²) in [5.41, 5.74) is 3.43. The van der Waals surface area contributed by atoms with Gasteiger partial charge in [-0.2, -0.15) is 0 Å². The van der Waals surface area contributed by atoms with Crippen LogP contribution in [0.15, 0.2) is 24.3 Å². The molecule has 0 aromatic heterocycles. The first-order chi connectivity index (χ1) is 8.59. The third kappa shape index (κ3) is 2.33. The molecule has 1 heteroatoms. The van der Waals surface area contributed by atoms with Gasteiger partial charge in [-0.1, -0.05) is 45.0 Å². The largest absolute Gasteiger partial charge is 0.314 e. The summed E-state index contributed by atoms with van der Waals surface area (Å²) in [6.45, 7) is 8.16. The Balaban J connectivity index is 1.63. The van der Waals surface area contributed by atoms with Crippen molar-refractivity contribution in [3.63, 3.8) is 0 Å². The lowest BCUT2D eigenvalue weighted by Crippen LogP contribution is -2.22. The fraction of sp³-hybridized carbons (Fsp3) is 0.647. The molecule has 18 heavy (non-hydrogen) atoms. The topological polar surface area (TPSA) is 12.0 Å². The summed E-state index contributed by atoms with van der Waals surface area (Å²) < 4.78 is 0. The highest BCUT2D eigenvalue weighted by Crippen LogP contribution is 2.53. The summed E-state index contributed by atoms with van der Waals surface area (Å²) in [5.74, 6) is 1.49. The fourth-order valence-electron chi connectivity index (χ4n) is 2.95. The van der Waals surface area contributed by atoms with Gasteiger partial charge in [0.05, 0.1) is 0 Å². The first-order valence-corrected chi connectivity index (χ1v) is 7.43. The van der Waals surface area contributed by atoms with E-state index in [4.69, 9.17) is 0 Å². The first kappa shape index (κ1) is 12.2. The van der Waals surface area contributed by atoms with Crippen molar-refractivity contribution in [3.8, 4) is 0 Å². The lowest BCUT2D eigenvalue weighted by molar-refractivity contribution is 0.575. The molecule has 0 bridgehead atoms. The minimum absolute atomic E-state index is 0.442. The van der Waals surface area contributed by atoms with Crippen molar-refractivity contribution in [2.75, 3.05) is 6.54 Å². The van der Waals surface area contributed by atoms with Crippen LogP contribution in [-0.4, -0.2) is 12.6 Å². The molecule has 0 radical (unpaired) electrons. The van der Waals surface area contributed by atoms with E-state index in [9.17, 15) is 0 Å². The minimum atomic E-state index is 0.442. The van der Waals surface area contributed by atoms with Gasteiger partial charge >= 0.3 is 0 Å². The smallest absolute Gasteiger partial charge is 0.00683 e. The van der Waals surface area contributed by atoms with Crippen molar-refractivity contribution in [1.82, 2.24) is 5.32 Å². The molecule has 2 aliphatic rings. The molecular weight excluding hydrogens is 218 g/mol. The molecule has 1 aromatic carbocycles. The van der Waals surface area contributed by atoms with Gasteiger partial charge in [0.1, 0.15) is 0 Å². The summed E-state index contributed by atoms with van der Waals surface area (Å²) in [4.78, 5) is 0. The van der Waals surface area contributed by atoms with Crippen LogP contribution in [-0.2, 0) is 5.41 Å². The molecular formula is C17H25N. The van der Waals surface area contributed by atoms with Gasteiger partial charge in [-0.05, 0) is 54.2 Å². The van der Waals surface area contributed by atoms with E-state index < -0.39 is 0 Å². The lowest BCUT2D eigenvalue weighted by atomic mass is 9.92. The van der Waals surface area contributed by atoms with E-state index in [0.29, 0.717) is 11.3 Å². The van der Waals surface area contributed by atoms with Crippen LogP contribution in [0, 0.1) is 5.92 Å². The molecule has 2 saturated carbocycles. The Labute approximate surface area is 111 Å². The second-order valence-corrected chi connectivity index (χ2v) is 6.78. The van der Waals surface area contributed by atoms with Crippen LogP contribution in [0.4, 0.5) is 0 Å². The molecule has 98 valence electrons. The van der Waals surface area contributed by atoms with E-state index >= 15 is 0 Å². The summed E-state index contributed by atoms with van der Waals surface area (Å²) in [6, 6.07) is 10.2. The average molecular weight is 243 g/mol. The normalized spacial score (nSPS) is 30.8. The van der Waals surface area contributed by atoms with Gasteiger partial charge in [0.25, 0.3) is 0 Å². The summed E-state index contributed by atoms with van der Waals surface area (Å²) in [5, 5.41) is 3.67. The fourth-order valence-corrected chi connectivity index (χ4v) is 2.95. The number of nitrogens with one attached hydrogen (secondary N) is 1. The van der Waals surface area contributed by atoms with Crippen molar-refractivity contribution in [3.05, 3.63) is 35.4 Å². The zero-order valence-electron chi connectivity index (χ0n) is 11.9.